The number of amides is 2. The van der Waals surface area contributed by atoms with E-state index in [0.717, 1.165) is 16.7 Å². The second kappa shape index (κ2) is 6.83. The van der Waals surface area contributed by atoms with E-state index in [1.807, 2.05) is 31.2 Å². The molecular weight excluding hydrogens is 307 g/mol. The SMILES string of the molecule is CCN1C(=O)Cc2ccccc2[C@@H]1C(=O)NCc1ccc(F)cc1. The number of likely N-dealkylation sites (N-methyl/N-ethyl adjacent to an activating group) is 1. The highest BCUT2D eigenvalue weighted by Gasteiger charge is 2.35. The van der Waals surface area contributed by atoms with E-state index >= 15 is 0 Å². The smallest absolute Gasteiger partial charge is 0.247 e. The monoisotopic (exact) mass is 326 g/mol. The third kappa shape index (κ3) is 3.15. The molecule has 0 radical (unpaired) electrons. The van der Waals surface area contributed by atoms with Crippen molar-refractivity contribution in [2.75, 3.05) is 6.54 Å². The molecule has 3 rings (SSSR count). The number of benzene rings is 2. The summed E-state index contributed by atoms with van der Waals surface area (Å²) < 4.78 is 13.0. The number of halogens is 1. The van der Waals surface area contributed by atoms with Gasteiger partial charge in [-0.3, -0.25) is 9.59 Å². The molecule has 1 N–H and O–H groups in total. The third-order valence-corrected chi connectivity index (χ3v) is 4.29. The number of nitrogens with zero attached hydrogens (tertiary/aromatic N) is 1. The molecule has 2 aromatic rings. The second-order valence-corrected chi connectivity index (χ2v) is 5.80. The molecule has 2 aromatic carbocycles. The van der Waals surface area contributed by atoms with Crippen LogP contribution in [0.1, 0.15) is 29.7 Å². The van der Waals surface area contributed by atoms with Crippen molar-refractivity contribution in [3.05, 3.63) is 71.0 Å². The van der Waals surface area contributed by atoms with E-state index in [-0.39, 0.29) is 17.6 Å². The van der Waals surface area contributed by atoms with Gasteiger partial charge in [-0.05, 0) is 35.7 Å². The lowest BCUT2D eigenvalue weighted by Gasteiger charge is -2.35. The van der Waals surface area contributed by atoms with Crippen LogP contribution in [0.3, 0.4) is 0 Å². The highest BCUT2D eigenvalue weighted by atomic mass is 19.1. The summed E-state index contributed by atoms with van der Waals surface area (Å²) in [6, 6.07) is 12.9. The molecule has 0 unspecified atom stereocenters. The van der Waals surface area contributed by atoms with Gasteiger partial charge in [0.25, 0.3) is 0 Å². The normalized spacial score (nSPS) is 16.7. The molecule has 1 aliphatic heterocycles. The summed E-state index contributed by atoms with van der Waals surface area (Å²) in [4.78, 5) is 26.7. The molecule has 0 saturated carbocycles. The molecule has 0 bridgehead atoms. The molecule has 0 aliphatic carbocycles. The van der Waals surface area contributed by atoms with Crippen LogP contribution in [0.2, 0.25) is 0 Å². The van der Waals surface area contributed by atoms with Crippen molar-refractivity contribution < 1.29 is 14.0 Å². The van der Waals surface area contributed by atoms with Crippen molar-refractivity contribution in [2.24, 2.45) is 0 Å². The summed E-state index contributed by atoms with van der Waals surface area (Å²) in [5.41, 5.74) is 2.58. The molecule has 1 atom stereocenters. The number of fused-ring (bicyclic) bond motifs is 1. The molecule has 0 aromatic heterocycles. The minimum atomic E-state index is -0.618. The van der Waals surface area contributed by atoms with Crippen molar-refractivity contribution in [3.63, 3.8) is 0 Å². The molecule has 0 saturated heterocycles. The van der Waals surface area contributed by atoms with Crippen LogP contribution in [0, 0.1) is 5.82 Å². The molecule has 0 spiro atoms. The van der Waals surface area contributed by atoms with Crippen LogP contribution in [0.4, 0.5) is 4.39 Å². The van der Waals surface area contributed by atoms with Gasteiger partial charge in [0, 0.05) is 13.1 Å². The molecule has 2 amide bonds. The molecule has 1 aliphatic rings. The summed E-state index contributed by atoms with van der Waals surface area (Å²) in [6.07, 6.45) is 0.325. The Morgan fingerprint density at radius 2 is 1.92 bits per heavy atom. The summed E-state index contributed by atoms with van der Waals surface area (Å²) >= 11 is 0. The Morgan fingerprint density at radius 3 is 2.62 bits per heavy atom. The lowest BCUT2D eigenvalue weighted by Crippen LogP contribution is -2.47. The van der Waals surface area contributed by atoms with Gasteiger partial charge in [0.15, 0.2) is 0 Å². The quantitative estimate of drug-likeness (QED) is 0.939. The predicted octanol–water partition coefficient (Wildman–Crippen LogP) is 2.59. The number of hydrogen-bond acceptors (Lipinski definition) is 2. The summed E-state index contributed by atoms with van der Waals surface area (Å²) in [6.45, 7) is 2.64. The van der Waals surface area contributed by atoms with Crippen molar-refractivity contribution in [3.8, 4) is 0 Å². The molecule has 4 nitrogen and oxygen atoms in total. The van der Waals surface area contributed by atoms with Gasteiger partial charge >= 0.3 is 0 Å². The molecule has 24 heavy (non-hydrogen) atoms. The first-order valence-electron chi connectivity index (χ1n) is 7.99. The van der Waals surface area contributed by atoms with E-state index < -0.39 is 6.04 Å². The lowest BCUT2D eigenvalue weighted by atomic mass is 9.91. The topological polar surface area (TPSA) is 49.4 Å². The van der Waals surface area contributed by atoms with Crippen LogP contribution in [-0.4, -0.2) is 23.3 Å². The van der Waals surface area contributed by atoms with Gasteiger partial charge in [-0.1, -0.05) is 36.4 Å². The van der Waals surface area contributed by atoms with Crippen molar-refractivity contribution in [1.29, 1.82) is 0 Å². The average Bonchev–Trinajstić information content (AvgIpc) is 2.59. The van der Waals surface area contributed by atoms with Gasteiger partial charge in [-0.25, -0.2) is 4.39 Å². The second-order valence-electron chi connectivity index (χ2n) is 5.80. The molecular formula is C19H19FN2O2. The summed E-state index contributed by atoms with van der Waals surface area (Å²) in [5, 5.41) is 2.86. The fourth-order valence-electron chi connectivity index (χ4n) is 3.07. The lowest BCUT2D eigenvalue weighted by molar-refractivity contribution is -0.141. The van der Waals surface area contributed by atoms with E-state index in [0.29, 0.717) is 19.5 Å². The maximum atomic E-state index is 13.0. The third-order valence-electron chi connectivity index (χ3n) is 4.29. The highest BCUT2D eigenvalue weighted by Crippen LogP contribution is 2.30. The zero-order chi connectivity index (χ0) is 17.1. The Kier molecular flexibility index (Phi) is 4.60. The first-order valence-corrected chi connectivity index (χ1v) is 7.99. The number of nitrogens with one attached hydrogen (secondary N) is 1. The molecule has 1 heterocycles. The van der Waals surface area contributed by atoms with Gasteiger partial charge in [0.05, 0.1) is 6.42 Å². The minimum absolute atomic E-state index is 0.0434. The molecule has 124 valence electrons. The Hall–Kier alpha value is -2.69. The van der Waals surface area contributed by atoms with Crippen LogP contribution < -0.4 is 5.32 Å². The van der Waals surface area contributed by atoms with Crippen LogP contribution >= 0.6 is 0 Å². The van der Waals surface area contributed by atoms with E-state index in [2.05, 4.69) is 5.32 Å². The largest absolute Gasteiger partial charge is 0.350 e. The fourth-order valence-corrected chi connectivity index (χ4v) is 3.07. The van der Waals surface area contributed by atoms with E-state index in [1.165, 1.54) is 12.1 Å². The maximum Gasteiger partial charge on any atom is 0.247 e. The van der Waals surface area contributed by atoms with E-state index in [9.17, 15) is 14.0 Å². The van der Waals surface area contributed by atoms with Gasteiger partial charge < -0.3 is 10.2 Å². The maximum absolute atomic E-state index is 13.0. The molecule has 0 fully saturated rings. The van der Waals surface area contributed by atoms with Crippen molar-refractivity contribution >= 4 is 11.8 Å². The zero-order valence-corrected chi connectivity index (χ0v) is 13.5. The number of hydrogen-bond donors (Lipinski definition) is 1. The van der Waals surface area contributed by atoms with Crippen LogP contribution in [0.15, 0.2) is 48.5 Å². The van der Waals surface area contributed by atoms with Crippen LogP contribution in [0.25, 0.3) is 0 Å². The van der Waals surface area contributed by atoms with Crippen molar-refractivity contribution in [1.82, 2.24) is 10.2 Å². The fraction of sp³-hybridized carbons (Fsp3) is 0.263. The van der Waals surface area contributed by atoms with Crippen molar-refractivity contribution in [2.45, 2.75) is 25.9 Å². The first-order chi connectivity index (χ1) is 11.6. The average molecular weight is 326 g/mol. The van der Waals surface area contributed by atoms with E-state index in [1.54, 1.807) is 17.0 Å². The Morgan fingerprint density at radius 1 is 1.21 bits per heavy atom. The number of rotatable bonds is 4. The Balaban J connectivity index is 1.81. The summed E-state index contributed by atoms with van der Waals surface area (Å²) in [5.74, 6) is -0.575. The Labute approximate surface area is 140 Å². The standard InChI is InChI=1S/C19H19FN2O2/c1-2-22-17(23)11-14-5-3-4-6-16(14)18(22)19(24)21-12-13-7-9-15(20)10-8-13/h3-10,18H,2,11-12H2,1H3,(H,21,24)/t18-/m1/s1. The first kappa shape index (κ1) is 16.2. The summed E-state index contributed by atoms with van der Waals surface area (Å²) in [7, 11) is 0. The van der Waals surface area contributed by atoms with Gasteiger partial charge in [0.2, 0.25) is 11.8 Å². The minimum Gasteiger partial charge on any atom is -0.350 e. The number of carbonyl (C=O) groups excluding carboxylic acids is 2. The number of carbonyl (C=O) groups is 2. The van der Waals surface area contributed by atoms with Crippen LogP contribution in [0.5, 0.6) is 0 Å². The van der Waals surface area contributed by atoms with E-state index in [4.69, 9.17) is 0 Å². The Bertz CT molecular complexity index is 758. The van der Waals surface area contributed by atoms with Crippen LogP contribution in [-0.2, 0) is 22.6 Å². The van der Waals surface area contributed by atoms with Gasteiger partial charge in [0.1, 0.15) is 11.9 Å². The van der Waals surface area contributed by atoms with Gasteiger partial charge in [-0.2, -0.15) is 0 Å². The molecule has 5 heteroatoms. The highest BCUT2D eigenvalue weighted by molar-refractivity contribution is 5.92. The zero-order valence-electron chi connectivity index (χ0n) is 13.5. The predicted molar refractivity (Wildman–Crippen MR) is 88.5 cm³/mol. The van der Waals surface area contributed by atoms with Gasteiger partial charge in [-0.15, -0.1) is 0 Å².